The van der Waals surface area contributed by atoms with E-state index < -0.39 is 10.0 Å². The topological polar surface area (TPSA) is 98.2 Å². The molecule has 2 aromatic rings. The average Bonchev–Trinajstić information content (AvgIpc) is 2.92. The molecule has 1 aromatic heterocycles. The molecule has 0 saturated carbocycles. The zero-order valence-electron chi connectivity index (χ0n) is 11.4. The van der Waals surface area contributed by atoms with E-state index in [-0.39, 0.29) is 23.8 Å². The lowest BCUT2D eigenvalue weighted by Crippen LogP contribution is -2.25. The second-order valence-electron chi connectivity index (χ2n) is 4.19. The highest BCUT2D eigenvalue weighted by Crippen LogP contribution is 2.20. The summed E-state index contributed by atoms with van der Waals surface area (Å²) in [7, 11) is -3.66. The SMILES string of the molecule is CCOC(=O)CCCNS(=O)(=O)c1cccc2nsnc12. The standard InChI is InChI=1S/C12H15N3O4S2/c1-2-19-11(16)7-4-8-13-21(17,18)10-6-3-5-9-12(10)15-20-14-9/h3,5-6,13H,2,4,7-8H2,1H3. The van der Waals surface area contributed by atoms with Gasteiger partial charge in [0.1, 0.15) is 15.9 Å². The molecule has 7 nitrogen and oxygen atoms in total. The van der Waals surface area contributed by atoms with Crippen molar-refractivity contribution in [2.24, 2.45) is 0 Å². The van der Waals surface area contributed by atoms with Crippen LogP contribution in [0.4, 0.5) is 0 Å². The highest BCUT2D eigenvalue weighted by atomic mass is 32.2. The van der Waals surface area contributed by atoms with Crippen LogP contribution in [-0.2, 0) is 19.6 Å². The average molecular weight is 329 g/mol. The minimum Gasteiger partial charge on any atom is -0.466 e. The molecule has 0 atom stereocenters. The summed E-state index contributed by atoms with van der Waals surface area (Å²) in [4.78, 5) is 11.3. The Balaban J connectivity index is 1.99. The Kier molecular flexibility index (Phi) is 5.21. The van der Waals surface area contributed by atoms with E-state index in [4.69, 9.17) is 4.74 Å². The molecule has 0 spiro atoms. The smallest absolute Gasteiger partial charge is 0.305 e. The van der Waals surface area contributed by atoms with Gasteiger partial charge in [-0.3, -0.25) is 4.79 Å². The molecule has 0 amide bonds. The van der Waals surface area contributed by atoms with Crippen molar-refractivity contribution in [1.29, 1.82) is 0 Å². The molecule has 0 aliphatic rings. The highest BCUT2D eigenvalue weighted by molar-refractivity contribution is 7.89. The summed E-state index contributed by atoms with van der Waals surface area (Å²) >= 11 is 0.967. The Bertz CT molecular complexity index is 727. The number of ether oxygens (including phenoxy) is 1. The van der Waals surface area contributed by atoms with Crippen LogP contribution in [0, 0.1) is 0 Å². The van der Waals surface area contributed by atoms with Crippen molar-refractivity contribution in [1.82, 2.24) is 13.5 Å². The van der Waals surface area contributed by atoms with Gasteiger partial charge in [0.2, 0.25) is 10.0 Å². The Morgan fingerprint density at radius 2 is 2.19 bits per heavy atom. The van der Waals surface area contributed by atoms with Crippen LogP contribution in [0.1, 0.15) is 19.8 Å². The van der Waals surface area contributed by atoms with E-state index in [2.05, 4.69) is 13.5 Å². The lowest BCUT2D eigenvalue weighted by atomic mass is 10.3. The minimum atomic E-state index is -3.66. The summed E-state index contributed by atoms with van der Waals surface area (Å²) in [5.74, 6) is -0.331. The Morgan fingerprint density at radius 1 is 1.38 bits per heavy atom. The molecule has 0 bridgehead atoms. The number of aromatic nitrogens is 2. The van der Waals surface area contributed by atoms with E-state index in [9.17, 15) is 13.2 Å². The van der Waals surface area contributed by atoms with Crippen molar-refractivity contribution in [2.75, 3.05) is 13.2 Å². The largest absolute Gasteiger partial charge is 0.466 e. The predicted octanol–water partition coefficient (Wildman–Crippen LogP) is 1.31. The van der Waals surface area contributed by atoms with Crippen LogP contribution in [-0.4, -0.2) is 36.3 Å². The fraction of sp³-hybridized carbons (Fsp3) is 0.417. The number of benzene rings is 1. The van der Waals surface area contributed by atoms with Crippen LogP contribution in [0.15, 0.2) is 23.1 Å². The maximum absolute atomic E-state index is 12.2. The number of carbonyl (C=O) groups is 1. The molecule has 1 heterocycles. The fourth-order valence-corrected chi connectivity index (χ4v) is 3.59. The predicted molar refractivity (Wildman–Crippen MR) is 78.5 cm³/mol. The highest BCUT2D eigenvalue weighted by Gasteiger charge is 2.19. The molecule has 0 fully saturated rings. The van der Waals surface area contributed by atoms with E-state index in [0.29, 0.717) is 24.1 Å². The Hall–Kier alpha value is -1.58. The number of fused-ring (bicyclic) bond motifs is 1. The van der Waals surface area contributed by atoms with Gasteiger partial charge < -0.3 is 4.74 Å². The number of nitrogens with zero attached hydrogens (tertiary/aromatic N) is 2. The first kappa shape index (κ1) is 15.8. The third-order valence-corrected chi connectivity index (χ3v) is 4.73. The van der Waals surface area contributed by atoms with E-state index in [0.717, 1.165) is 11.7 Å². The lowest BCUT2D eigenvalue weighted by molar-refractivity contribution is -0.143. The summed E-state index contributed by atoms with van der Waals surface area (Å²) in [6.45, 7) is 2.21. The van der Waals surface area contributed by atoms with E-state index >= 15 is 0 Å². The second-order valence-corrected chi connectivity index (χ2v) is 6.46. The van der Waals surface area contributed by atoms with Gasteiger partial charge in [0.15, 0.2) is 0 Å². The van der Waals surface area contributed by atoms with Crippen LogP contribution < -0.4 is 4.72 Å². The van der Waals surface area contributed by atoms with Gasteiger partial charge in [0.25, 0.3) is 0 Å². The third kappa shape index (κ3) is 3.96. The molecule has 21 heavy (non-hydrogen) atoms. The molecule has 2 rings (SSSR count). The molecule has 114 valence electrons. The first-order valence-corrected chi connectivity index (χ1v) is 8.62. The van der Waals surface area contributed by atoms with E-state index in [1.54, 1.807) is 19.1 Å². The molecule has 0 aliphatic carbocycles. The van der Waals surface area contributed by atoms with Crippen LogP contribution >= 0.6 is 11.7 Å². The van der Waals surface area contributed by atoms with Gasteiger partial charge in [0, 0.05) is 13.0 Å². The molecule has 0 radical (unpaired) electrons. The van der Waals surface area contributed by atoms with Gasteiger partial charge in [0.05, 0.1) is 18.3 Å². The van der Waals surface area contributed by atoms with E-state index in [1.165, 1.54) is 6.07 Å². The second kappa shape index (κ2) is 6.92. The van der Waals surface area contributed by atoms with Gasteiger partial charge in [-0.1, -0.05) is 6.07 Å². The molecular formula is C12H15N3O4S2. The van der Waals surface area contributed by atoms with Crippen molar-refractivity contribution < 1.29 is 17.9 Å². The monoisotopic (exact) mass is 329 g/mol. The number of hydrogen-bond acceptors (Lipinski definition) is 7. The number of rotatable bonds is 7. The Labute approximate surface area is 126 Å². The maximum atomic E-state index is 12.2. The number of nitrogens with one attached hydrogen (secondary N) is 1. The summed E-state index contributed by atoms with van der Waals surface area (Å²) < 4.78 is 39.7. The van der Waals surface area contributed by atoms with Crippen molar-refractivity contribution >= 4 is 38.8 Å². The van der Waals surface area contributed by atoms with Crippen molar-refractivity contribution in [3.63, 3.8) is 0 Å². The summed E-state index contributed by atoms with van der Waals surface area (Å²) in [5, 5.41) is 0. The minimum absolute atomic E-state index is 0.102. The summed E-state index contributed by atoms with van der Waals surface area (Å²) in [6.07, 6.45) is 0.558. The van der Waals surface area contributed by atoms with Crippen LogP contribution in [0.5, 0.6) is 0 Å². The van der Waals surface area contributed by atoms with Crippen LogP contribution in [0.2, 0.25) is 0 Å². The van der Waals surface area contributed by atoms with Crippen molar-refractivity contribution in [3.05, 3.63) is 18.2 Å². The zero-order chi connectivity index (χ0) is 15.3. The first-order chi connectivity index (χ1) is 10.0. The van der Waals surface area contributed by atoms with E-state index in [1.807, 2.05) is 0 Å². The van der Waals surface area contributed by atoms with Gasteiger partial charge >= 0.3 is 5.97 Å². The van der Waals surface area contributed by atoms with Crippen molar-refractivity contribution in [2.45, 2.75) is 24.7 Å². The van der Waals surface area contributed by atoms with Gasteiger partial charge in [-0.05, 0) is 25.5 Å². The van der Waals surface area contributed by atoms with Crippen LogP contribution in [0.25, 0.3) is 11.0 Å². The molecular weight excluding hydrogens is 314 g/mol. The third-order valence-electron chi connectivity index (χ3n) is 2.69. The van der Waals surface area contributed by atoms with Gasteiger partial charge in [-0.15, -0.1) is 0 Å². The fourth-order valence-electron chi connectivity index (χ4n) is 1.75. The number of sulfonamides is 1. The van der Waals surface area contributed by atoms with Gasteiger partial charge in [-0.2, -0.15) is 8.75 Å². The van der Waals surface area contributed by atoms with Crippen LogP contribution in [0.3, 0.4) is 0 Å². The maximum Gasteiger partial charge on any atom is 0.305 e. The zero-order valence-corrected chi connectivity index (χ0v) is 13.0. The van der Waals surface area contributed by atoms with Crippen molar-refractivity contribution in [3.8, 4) is 0 Å². The molecule has 1 aromatic carbocycles. The summed E-state index contributed by atoms with van der Waals surface area (Å²) in [5.41, 5.74) is 0.912. The summed E-state index contributed by atoms with van der Waals surface area (Å²) in [6, 6.07) is 4.81. The molecule has 0 saturated heterocycles. The Morgan fingerprint density at radius 3 is 2.95 bits per heavy atom. The molecule has 9 heteroatoms. The van der Waals surface area contributed by atoms with Gasteiger partial charge in [-0.25, -0.2) is 13.1 Å². The number of esters is 1. The normalized spacial score (nSPS) is 11.7. The molecule has 1 N–H and O–H groups in total. The first-order valence-electron chi connectivity index (χ1n) is 6.41. The molecule has 0 aliphatic heterocycles. The lowest BCUT2D eigenvalue weighted by Gasteiger charge is -2.07. The quantitative estimate of drug-likeness (QED) is 0.607. The number of carbonyl (C=O) groups excluding carboxylic acids is 1. The molecule has 0 unspecified atom stereocenters. The number of hydrogen-bond donors (Lipinski definition) is 1.